The number of hydrogen-bond acceptors (Lipinski definition) is 3. The van der Waals surface area contributed by atoms with Gasteiger partial charge in [-0.3, -0.25) is 9.78 Å². The Balaban J connectivity index is 2.18. The molecule has 2 rings (SSSR count). The first kappa shape index (κ1) is 14.0. The number of carbonyl (C=O) groups is 1. The van der Waals surface area contributed by atoms with Crippen LogP contribution in [0.2, 0.25) is 0 Å². The minimum atomic E-state index is -0.00895. The molecule has 0 fully saturated rings. The van der Waals surface area contributed by atoms with Crippen molar-refractivity contribution >= 4 is 11.5 Å². The van der Waals surface area contributed by atoms with Crippen LogP contribution in [0, 0.1) is 6.92 Å². The second-order valence-electron chi connectivity index (χ2n) is 4.56. The molecule has 0 saturated heterocycles. The van der Waals surface area contributed by atoms with Crippen molar-refractivity contribution in [2.45, 2.75) is 20.3 Å². The average molecular weight is 266 g/mol. The summed E-state index contributed by atoms with van der Waals surface area (Å²) in [5.41, 5.74) is 3.74. The first-order valence-corrected chi connectivity index (χ1v) is 6.68. The van der Waals surface area contributed by atoms with Crippen molar-refractivity contribution in [1.29, 1.82) is 0 Å². The van der Waals surface area contributed by atoms with Crippen molar-refractivity contribution in [3.8, 4) is 0 Å². The first-order valence-electron chi connectivity index (χ1n) is 6.68. The molecule has 0 saturated carbocycles. The van der Waals surface area contributed by atoms with Gasteiger partial charge in [0.05, 0.1) is 0 Å². The molecule has 0 aliphatic heterocycles. The van der Waals surface area contributed by atoms with Gasteiger partial charge in [-0.15, -0.1) is 0 Å². The minimum Gasteiger partial charge on any atom is -0.359 e. The van der Waals surface area contributed by atoms with Gasteiger partial charge in [-0.05, 0) is 37.1 Å². The topological polar surface area (TPSA) is 42.0 Å². The second kappa shape index (κ2) is 6.66. The number of benzene rings is 1. The maximum atomic E-state index is 12.1. The molecular formula is C17H18N2O. The quantitative estimate of drug-likeness (QED) is 0.657. The Morgan fingerprint density at radius 1 is 1.20 bits per heavy atom. The van der Waals surface area contributed by atoms with Gasteiger partial charge in [-0.1, -0.05) is 25.1 Å². The molecule has 3 nitrogen and oxygen atoms in total. The van der Waals surface area contributed by atoms with E-state index in [9.17, 15) is 4.79 Å². The van der Waals surface area contributed by atoms with Crippen LogP contribution in [0.25, 0.3) is 0 Å². The van der Waals surface area contributed by atoms with Crippen molar-refractivity contribution in [2.75, 3.05) is 5.32 Å². The summed E-state index contributed by atoms with van der Waals surface area (Å²) in [5.74, 6) is -0.00895. The lowest BCUT2D eigenvalue weighted by atomic mass is 10.1. The predicted octanol–water partition coefficient (Wildman–Crippen LogP) is 3.98. The van der Waals surface area contributed by atoms with E-state index < -0.39 is 0 Å². The number of ketones is 1. The molecule has 1 aromatic heterocycles. The summed E-state index contributed by atoms with van der Waals surface area (Å²) < 4.78 is 0. The van der Waals surface area contributed by atoms with Gasteiger partial charge in [-0.25, -0.2) is 0 Å². The number of allylic oxidation sites excluding steroid dienone is 2. The van der Waals surface area contributed by atoms with Crippen LogP contribution >= 0.6 is 0 Å². The van der Waals surface area contributed by atoms with Crippen LogP contribution in [0.4, 0.5) is 5.69 Å². The SMILES string of the molecule is CC/C(=C/C(=O)c1ccncc1)Nc1ccccc1C. The highest BCUT2D eigenvalue weighted by molar-refractivity contribution is 6.05. The van der Waals surface area contributed by atoms with Gasteiger partial charge < -0.3 is 5.32 Å². The van der Waals surface area contributed by atoms with E-state index in [1.54, 1.807) is 30.6 Å². The zero-order valence-corrected chi connectivity index (χ0v) is 11.8. The smallest absolute Gasteiger partial charge is 0.187 e. The van der Waals surface area contributed by atoms with Gasteiger partial charge in [0.1, 0.15) is 0 Å². The minimum absolute atomic E-state index is 0.00895. The fourth-order valence-corrected chi connectivity index (χ4v) is 1.87. The summed E-state index contributed by atoms with van der Waals surface area (Å²) in [6, 6.07) is 11.5. The van der Waals surface area contributed by atoms with Gasteiger partial charge in [0.2, 0.25) is 0 Å². The van der Waals surface area contributed by atoms with Crippen molar-refractivity contribution < 1.29 is 4.79 Å². The Morgan fingerprint density at radius 2 is 1.90 bits per heavy atom. The largest absolute Gasteiger partial charge is 0.359 e. The molecule has 1 aromatic carbocycles. The van der Waals surface area contributed by atoms with E-state index in [0.717, 1.165) is 23.4 Å². The summed E-state index contributed by atoms with van der Waals surface area (Å²) in [6.07, 6.45) is 5.68. The van der Waals surface area contributed by atoms with Gasteiger partial charge in [0.15, 0.2) is 5.78 Å². The highest BCUT2D eigenvalue weighted by Crippen LogP contribution is 2.17. The van der Waals surface area contributed by atoms with E-state index in [4.69, 9.17) is 0 Å². The molecule has 0 aliphatic carbocycles. The lowest BCUT2D eigenvalue weighted by molar-refractivity contribution is 0.104. The first-order chi connectivity index (χ1) is 9.70. The van der Waals surface area contributed by atoms with Crippen LogP contribution in [0.3, 0.4) is 0 Å². The van der Waals surface area contributed by atoms with Crippen molar-refractivity contribution in [3.05, 3.63) is 71.7 Å². The highest BCUT2D eigenvalue weighted by Gasteiger charge is 2.05. The van der Waals surface area contributed by atoms with Gasteiger partial charge in [0, 0.05) is 35.4 Å². The lowest BCUT2D eigenvalue weighted by Gasteiger charge is -2.11. The molecule has 20 heavy (non-hydrogen) atoms. The number of nitrogens with zero attached hydrogens (tertiary/aromatic N) is 1. The predicted molar refractivity (Wildman–Crippen MR) is 81.7 cm³/mol. The van der Waals surface area contributed by atoms with Crippen LogP contribution in [0.1, 0.15) is 29.3 Å². The Kier molecular flexibility index (Phi) is 4.66. The monoisotopic (exact) mass is 266 g/mol. The summed E-state index contributed by atoms with van der Waals surface area (Å²) >= 11 is 0. The summed E-state index contributed by atoms with van der Waals surface area (Å²) in [4.78, 5) is 16.1. The fourth-order valence-electron chi connectivity index (χ4n) is 1.87. The third-order valence-electron chi connectivity index (χ3n) is 3.09. The van der Waals surface area contributed by atoms with Crippen molar-refractivity contribution in [1.82, 2.24) is 4.98 Å². The van der Waals surface area contributed by atoms with Crippen molar-refractivity contribution in [3.63, 3.8) is 0 Å². The molecule has 0 atom stereocenters. The van der Waals surface area contributed by atoms with Crippen LogP contribution in [-0.4, -0.2) is 10.8 Å². The number of aromatic nitrogens is 1. The number of carbonyl (C=O) groups excluding carboxylic acids is 1. The number of anilines is 1. The maximum absolute atomic E-state index is 12.1. The molecule has 1 N–H and O–H groups in total. The van der Waals surface area contributed by atoms with E-state index in [1.807, 2.05) is 38.1 Å². The molecule has 1 heterocycles. The van der Waals surface area contributed by atoms with Crippen LogP contribution in [0.5, 0.6) is 0 Å². The van der Waals surface area contributed by atoms with E-state index in [0.29, 0.717) is 5.56 Å². The number of rotatable bonds is 5. The fraction of sp³-hybridized carbons (Fsp3) is 0.176. The third-order valence-corrected chi connectivity index (χ3v) is 3.09. The molecule has 0 amide bonds. The summed E-state index contributed by atoms with van der Waals surface area (Å²) in [7, 11) is 0. The van der Waals surface area contributed by atoms with E-state index in [-0.39, 0.29) is 5.78 Å². The molecule has 3 heteroatoms. The standard InChI is InChI=1S/C17H18N2O/c1-3-15(19-16-7-5-4-6-13(16)2)12-17(20)14-8-10-18-11-9-14/h4-12,19H,3H2,1-2H3/b15-12-. The van der Waals surface area contributed by atoms with E-state index >= 15 is 0 Å². The number of pyridine rings is 1. The maximum Gasteiger partial charge on any atom is 0.187 e. The molecule has 0 bridgehead atoms. The molecule has 0 aliphatic rings. The summed E-state index contributed by atoms with van der Waals surface area (Å²) in [5, 5.41) is 3.32. The Morgan fingerprint density at radius 3 is 2.55 bits per heavy atom. The number of hydrogen-bond donors (Lipinski definition) is 1. The van der Waals surface area contributed by atoms with Crippen LogP contribution < -0.4 is 5.32 Å². The van der Waals surface area contributed by atoms with E-state index in [2.05, 4.69) is 10.3 Å². The normalized spacial score (nSPS) is 11.2. The number of aryl methyl sites for hydroxylation is 1. The zero-order chi connectivity index (χ0) is 14.4. The molecule has 0 radical (unpaired) electrons. The summed E-state index contributed by atoms with van der Waals surface area (Å²) in [6.45, 7) is 4.07. The molecule has 0 spiro atoms. The molecule has 0 unspecified atom stereocenters. The molecule has 102 valence electrons. The van der Waals surface area contributed by atoms with Crippen LogP contribution in [0.15, 0.2) is 60.6 Å². The van der Waals surface area contributed by atoms with Crippen LogP contribution in [-0.2, 0) is 0 Å². The second-order valence-corrected chi connectivity index (χ2v) is 4.56. The molecule has 2 aromatic rings. The zero-order valence-electron chi connectivity index (χ0n) is 11.8. The molecular weight excluding hydrogens is 248 g/mol. The van der Waals surface area contributed by atoms with Gasteiger partial charge >= 0.3 is 0 Å². The third kappa shape index (κ3) is 3.54. The number of nitrogens with one attached hydrogen (secondary N) is 1. The Bertz CT molecular complexity index is 618. The van der Waals surface area contributed by atoms with Gasteiger partial charge in [-0.2, -0.15) is 0 Å². The average Bonchev–Trinajstić information content (AvgIpc) is 2.49. The number of para-hydroxylation sites is 1. The van der Waals surface area contributed by atoms with Gasteiger partial charge in [0.25, 0.3) is 0 Å². The Labute approximate surface area is 119 Å². The Hall–Kier alpha value is -2.42. The van der Waals surface area contributed by atoms with Crippen molar-refractivity contribution in [2.24, 2.45) is 0 Å². The highest BCUT2D eigenvalue weighted by atomic mass is 16.1. The lowest BCUT2D eigenvalue weighted by Crippen LogP contribution is -2.04. The van der Waals surface area contributed by atoms with E-state index in [1.165, 1.54) is 0 Å².